The van der Waals surface area contributed by atoms with E-state index in [1.54, 1.807) is 7.11 Å². The number of hydrogen-bond donors (Lipinski definition) is 0. The molecular weight excluding hydrogens is 434 g/mol. The molecule has 4 bridgehead atoms. The minimum absolute atomic E-state index is 0.0997. The maximum Gasteiger partial charge on any atom is 0.312 e. The van der Waals surface area contributed by atoms with Crippen molar-refractivity contribution in [1.29, 1.82) is 0 Å². The molecule has 0 spiro atoms. The molecule has 1 aromatic heterocycles. The maximum atomic E-state index is 13.1. The second-order valence-corrected chi connectivity index (χ2v) is 11.5. The lowest BCUT2D eigenvalue weighted by Crippen LogP contribution is -2.56. The molecule has 160 valence electrons. The molecule has 4 fully saturated rings. The lowest BCUT2D eigenvalue weighted by atomic mass is 9.49. The molecule has 0 saturated heterocycles. The van der Waals surface area contributed by atoms with Gasteiger partial charge in [0, 0.05) is 28.4 Å². The van der Waals surface area contributed by atoms with Gasteiger partial charge in [-0.3, -0.25) is 9.59 Å². The summed E-state index contributed by atoms with van der Waals surface area (Å²) in [6.07, 6.45) is 6.28. The zero-order valence-corrected chi connectivity index (χ0v) is 19.5. The van der Waals surface area contributed by atoms with E-state index < -0.39 is 5.41 Å². The second-order valence-electron chi connectivity index (χ2n) is 9.85. The van der Waals surface area contributed by atoms with Crippen LogP contribution >= 0.6 is 15.9 Å². The Balaban J connectivity index is 1.44. The van der Waals surface area contributed by atoms with Crippen LogP contribution in [0.15, 0.2) is 6.07 Å². The first-order valence-electron chi connectivity index (χ1n) is 10.7. The first kappa shape index (κ1) is 21.1. The molecule has 3 atom stereocenters. The number of aryl methyl sites for hydroxylation is 1. The number of carbonyl (C=O) groups excluding carboxylic acids is 2. The van der Waals surface area contributed by atoms with Crippen molar-refractivity contribution in [3.63, 3.8) is 0 Å². The molecule has 1 heterocycles. The normalized spacial score (nSPS) is 33.7. The monoisotopic (exact) mass is 465 g/mol. The Morgan fingerprint density at radius 3 is 2.48 bits per heavy atom. The Bertz CT molecular complexity index is 815. The van der Waals surface area contributed by atoms with Crippen LogP contribution < -0.4 is 0 Å². The van der Waals surface area contributed by atoms with Crippen LogP contribution in [0, 0.1) is 31.1 Å². The standard InChI is InChI=1S/C23H32BrNO4/c1-14-5-19(16(3)25(14)15(2)11-28-4)20(26)12-29-21(27)22-7-17-6-18(8-22)10-23(24,9-17)13-22/h5,15,17-18H,6-13H2,1-4H3/t15-,17+,18+,22?,23?/m0/s1. The lowest BCUT2D eigenvalue weighted by Gasteiger charge is -2.58. The van der Waals surface area contributed by atoms with Crippen LogP contribution in [0.2, 0.25) is 0 Å². The van der Waals surface area contributed by atoms with Crippen molar-refractivity contribution in [2.24, 2.45) is 17.3 Å². The van der Waals surface area contributed by atoms with Crippen LogP contribution in [0.1, 0.15) is 73.2 Å². The zero-order chi connectivity index (χ0) is 21.0. The van der Waals surface area contributed by atoms with Gasteiger partial charge in [0.2, 0.25) is 5.78 Å². The minimum Gasteiger partial charge on any atom is -0.457 e. The van der Waals surface area contributed by atoms with Gasteiger partial charge >= 0.3 is 5.97 Å². The summed E-state index contributed by atoms with van der Waals surface area (Å²) in [7, 11) is 1.68. The number of alkyl halides is 1. The molecule has 0 N–H and O–H groups in total. The number of esters is 1. The van der Waals surface area contributed by atoms with Crippen molar-refractivity contribution in [3.8, 4) is 0 Å². The van der Waals surface area contributed by atoms with Crippen molar-refractivity contribution in [1.82, 2.24) is 4.57 Å². The summed E-state index contributed by atoms with van der Waals surface area (Å²) in [6.45, 7) is 6.42. The number of hydrogen-bond acceptors (Lipinski definition) is 4. The van der Waals surface area contributed by atoms with Gasteiger partial charge in [0.1, 0.15) is 0 Å². The summed E-state index contributed by atoms with van der Waals surface area (Å²) in [4.78, 5) is 26.0. The molecule has 4 aliphatic rings. The van der Waals surface area contributed by atoms with Crippen LogP contribution in [-0.4, -0.2) is 41.0 Å². The second kappa shape index (κ2) is 7.52. The first-order chi connectivity index (χ1) is 13.7. The summed E-state index contributed by atoms with van der Waals surface area (Å²) in [5.74, 6) is 0.936. The van der Waals surface area contributed by atoms with E-state index in [1.807, 2.05) is 19.9 Å². The highest BCUT2D eigenvalue weighted by molar-refractivity contribution is 9.10. The Morgan fingerprint density at radius 1 is 1.24 bits per heavy atom. The highest BCUT2D eigenvalue weighted by atomic mass is 79.9. The quantitative estimate of drug-likeness (QED) is 0.330. The Labute approximate surface area is 181 Å². The van der Waals surface area contributed by atoms with Crippen molar-refractivity contribution >= 4 is 27.7 Å². The fraction of sp³-hybridized carbons (Fsp3) is 0.739. The average Bonchev–Trinajstić information content (AvgIpc) is 2.92. The Kier molecular flexibility index (Phi) is 5.48. The molecule has 1 aromatic rings. The minimum atomic E-state index is -0.391. The van der Waals surface area contributed by atoms with Gasteiger partial charge in [-0.25, -0.2) is 0 Å². The Morgan fingerprint density at radius 2 is 1.90 bits per heavy atom. The van der Waals surface area contributed by atoms with E-state index >= 15 is 0 Å². The number of methoxy groups -OCH3 is 1. The Hall–Kier alpha value is -1.14. The lowest BCUT2D eigenvalue weighted by molar-refractivity contribution is -0.168. The topological polar surface area (TPSA) is 57.5 Å². The number of Topliss-reactive ketones (excluding diaryl/α,β-unsaturated/α-hetero) is 1. The predicted molar refractivity (Wildman–Crippen MR) is 115 cm³/mol. The average molecular weight is 466 g/mol. The number of nitrogens with zero attached hydrogens (tertiary/aromatic N) is 1. The summed E-state index contributed by atoms with van der Waals surface area (Å²) in [5.41, 5.74) is 2.17. The highest BCUT2D eigenvalue weighted by Gasteiger charge is 2.60. The number of rotatable bonds is 7. The molecular formula is C23H32BrNO4. The fourth-order valence-electron chi connectivity index (χ4n) is 6.80. The third-order valence-corrected chi connectivity index (χ3v) is 8.32. The van der Waals surface area contributed by atoms with E-state index in [4.69, 9.17) is 9.47 Å². The molecule has 6 heteroatoms. The smallest absolute Gasteiger partial charge is 0.312 e. The van der Waals surface area contributed by atoms with Gasteiger partial charge in [-0.1, -0.05) is 15.9 Å². The van der Waals surface area contributed by atoms with Crippen LogP contribution in [0.5, 0.6) is 0 Å². The number of ketones is 1. The van der Waals surface area contributed by atoms with Gasteiger partial charge in [-0.05, 0) is 77.2 Å². The van der Waals surface area contributed by atoms with Crippen molar-refractivity contribution < 1.29 is 19.1 Å². The molecule has 0 amide bonds. The van der Waals surface area contributed by atoms with Crippen molar-refractivity contribution in [2.45, 2.75) is 69.7 Å². The largest absolute Gasteiger partial charge is 0.457 e. The molecule has 0 aromatic carbocycles. The van der Waals surface area contributed by atoms with E-state index in [9.17, 15) is 9.59 Å². The molecule has 0 radical (unpaired) electrons. The van der Waals surface area contributed by atoms with E-state index in [0.29, 0.717) is 24.0 Å². The van der Waals surface area contributed by atoms with E-state index in [2.05, 4.69) is 27.4 Å². The van der Waals surface area contributed by atoms with E-state index in [-0.39, 0.29) is 28.7 Å². The summed E-state index contributed by atoms with van der Waals surface area (Å²) >= 11 is 3.94. The van der Waals surface area contributed by atoms with Crippen molar-refractivity contribution in [2.75, 3.05) is 20.3 Å². The van der Waals surface area contributed by atoms with E-state index in [0.717, 1.165) is 30.7 Å². The summed E-state index contributed by atoms with van der Waals surface area (Å²) < 4.78 is 13.1. The summed E-state index contributed by atoms with van der Waals surface area (Å²) in [6, 6.07) is 2.04. The van der Waals surface area contributed by atoms with Gasteiger partial charge < -0.3 is 14.0 Å². The predicted octanol–water partition coefficient (Wildman–Crippen LogP) is 4.77. The molecule has 29 heavy (non-hydrogen) atoms. The zero-order valence-electron chi connectivity index (χ0n) is 17.9. The van der Waals surface area contributed by atoms with Gasteiger partial charge in [0.05, 0.1) is 18.1 Å². The fourth-order valence-corrected chi connectivity index (χ4v) is 8.26. The van der Waals surface area contributed by atoms with Crippen molar-refractivity contribution in [3.05, 3.63) is 23.0 Å². The SMILES string of the molecule is COC[C@H](C)n1c(C)cc(C(=O)COC(=O)C23C[C@H]4C[C@@H](CC(Br)(C4)C2)C3)c1C. The number of aromatic nitrogens is 1. The summed E-state index contributed by atoms with van der Waals surface area (Å²) in [5, 5.41) is 0. The highest BCUT2D eigenvalue weighted by Crippen LogP contribution is 2.64. The maximum absolute atomic E-state index is 13.1. The molecule has 4 saturated carbocycles. The number of ether oxygens (including phenoxy) is 2. The third kappa shape index (κ3) is 3.71. The van der Waals surface area contributed by atoms with Gasteiger partial charge in [-0.2, -0.15) is 0 Å². The number of carbonyl (C=O) groups is 2. The molecule has 0 unspecified atom stereocenters. The van der Waals surface area contributed by atoms with Crippen LogP contribution in [0.4, 0.5) is 0 Å². The van der Waals surface area contributed by atoms with Gasteiger partial charge in [-0.15, -0.1) is 0 Å². The van der Waals surface area contributed by atoms with Crippen LogP contribution in [0.3, 0.4) is 0 Å². The molecule has 4 aliphatic carbocycles. The van der Waals surface area contributed by atoms with Crippen LogP contribution in [-0.2, 0) is 14.3 Å². The third-order valence-electron chi connectivity index (χ3n) is 7.39. The molecule has 0 aliphatic heterocycles. The first-order valence-corrected chi connectivity index (χ1v) is 11.5. The van der Waals surface area contributed by atoms with Crippen LogP contribution in [0.25, 0.3) is 0 Å². The number of halogens is 1. The van der Waals surface area contributed by atoms with E-state index in [1.165, 1.54) is 19.3 Å². The molecule has 5 nitrogen and oxygen atoms in total. The van der Waals surface area contributed by atoms with Gasteiger partial charge in [0.15, 0.2) is 6.61 Å². The van der Waals surface area contributed by atoms with Gasteiger partial charge in [0.25, 0.3) is 0 Å². The molecule has 5 rings (SSSR count).